The van der Waals surface area contributed by atoms with E-state index in [1.54, 1.807) is 58.7 Å². The van der Waals surface area contributed by atoms with E-state index in [9.17, 15) is 23.4 Å². The molecular formula is C47H47ClN8O7S. The molecule has 2 aliphatic heterocycles. The molecule has 2 saturated heterocycles. The van der Waals surface area contributed by atoms with E-state index < -0.39 is 41.1 Å². The van der Waals surface area contributed by atoms with Crippen LogP contribution in [0.3, 0.4) is 0 Å². The van der Waals surface area contributed by atoms with Crippen LogP contribution < -0.4 is 10.6 Å². The number of alkyl carbamates (subject to hydrolysis) is 2. The summed E-state index contributed by atoms with van der Waals surface area (Å²) in [5, 5.41) is 5.34. The smallest absolute Gasteiger partial charge is 0.407 e. The molecule has 0 bridgehead atoms. The molecule has 0 radical (unpaired) electrons. The number of nitrogens with one attached hydrogen (secondary N) is 4. The van der Waals surface area contributed by atoms with Crippen molar-refractivity contribution >= 4 is 46.4 Å². The van der Waals surface area contributed by atoms with Crippen LogP contribution in [0.1, 0.15) is 66.2 Å². The molecule has 15 nitrogen and oxygen atoms in total. The SMILES string of the molecule is COC(=O)N[C@H](C(=O)N1CCCC1c1ncc(-c2ccc(-c3ccc(-c4nc([C@@H]5C[C@H](S(C)=O)CN5C(=O)[C@@H](NC(=O)OC)c5ccccc5)[nH]c4Cl)cc3)cc2)[nH]1)c1ccccc1. The Bertz CT molecular complexity index is 2640. The number of carbonyl (C=O) groups is 4. The Balaban J connectivity index is 0.967. The molecule has 17 heteroatoms. The third-order valence-electron chi connectivity index (χ3n) is 11.8. The molecule has 4 heterocycles. The summed E-state index contributed by atoms with van der Waals surface area (Å²) >= 11 is 6.79. The highest BCUT2D eigenvalue weighted by molar-refractivity contribution is 7.84. The van der Waals surface area contributed by atoms with E-state index in [1.807, 2.05) is 72.8 Å². The number of benzene rings is 4. The summed E-state index contributed by atoms with van der Waals surface area (Å²) in [5.74, 6) is 0.502. The highest BCUT2D eigenvalue weighted by Gasteiger charge is 2.43. The maximum Gasteiger partial charge on any atom is 0.407 e. The van der Waals surface area contributed by atoms with Crippen LogP contribution >= 0.6 is 11.6 Å². The molecule has 2 aliphatic rings. The molecule has 6 aromatic rings. The van der Waals surface area contributed by atoms with Crippen LogP contribution in [0, 0.1) is 0 Å². The van der Waals surface area contributed by atoms with Gasteiger partial charge in [0, 0.05) is 35.7 Å². The number of imidazole rings is 2. The summed E-state index contributed by atoms with van der Waals surface area (Å²) < 4.78 is 22.4. The maximum absolute atomic E-state index is 14.2. The Morgan fingerprint density at radius 3 is 1.80 bits per heavy atom. The van der Waals surface area contributed by atoms with Gasteiger partial charge in [0.1, 0.15) is 34.6 Å². The lowest BCUT2D eigenvalue weighted by atomic mass is 10.0. The lowest BCUT2D eigenvalue weighted by Crippen LogP contribution is -2.43. The number of ether oxygens (including phenoxy) is 2. The summed E-state index contributed by atoms with van der Waals surface area (Å²) in [6.07, 6.45) is 3.86. The first kappa shape index (κ1) is 43.9. The summed E-state index contributed by atoms with van der Waals surface area (Å²) in [7, 11) is 1.27. The van der Waals surface area contributed by atoms with Crippen molar-refractivity contribution < 1.29 is 32.9 Å². The fourth-order valence-electron chi connectivity index (χ4n) is 8.44. The second-order valence-electron chi connectivity index (χ2n) is 15.6. The van der Waals surface area contributed by atoms with E-state index >= 15 is 0 Å². The average molecular weight is 903 g/mol. The number of halogens is 1. The van der Waals surface area contributed by atoms with Crippen molar-refractivity contribution in [2.75, 3.05) is 33.6 Å². The second-order valence-corrected chi connectivity index (χ2v) is 17.7. The molecule has 8 rings (SSSR count). The predicted octanol–water partition coefficient (Wildman–Crippen LogP) is 7.67. The molecule has 2 fully saturated rings. The molecule has 330 valence electrons. The van der Waals surface area contributed by atoms with Crippen molar-refractivity contribution in [1.82, 2.24) is 40.4 Å². The highest BCUT2D eigenvalue weighted by atomic mass is 35.5. The first-order valence-corrected chi connectivity index (χ1v) is 22.8. The first-order chi connectivity index (χ1) is 31.0. The zero-order valence-corrected chi connectivity index (χ0v) is 36.9. The number of aromatic amines is 2. The largest absolute Gasteiger partial charge is 0.453 e. The molecule has 0 saturated carbocycles. The number of rotatable bonds is 12. The van der Waals surface area contributed by atoms with Crippen molar-refractivity contribution in [2.45, 2.75) is 48.7 Å². The van der Waals surface area contributed by atoms with E-state index in [0.717, 1.165) is 40.8 Å². The van der Waals surface area contributed by atoms with Gasteiger partial charge in [-0.15, -0.1) is 0 Å². The second kappa shape index (κ2) is 19.3. The minimum atomic E-state index is -1.23. The summed E-state index contributed by atoms with van der Waals surface area (Å²) in [4.78, 5) is 72.3. The van der Waals surface area contributed by atoms with Crippen LogP contribution in [-0.4, -0.2) is 96.8 Å². The lowest BCUT2D eigenvalue weighted by Gasteiger charge is -2.28. The van der Waals surface area contributed by atoms with Crippen LogP contribution in [0.4, 0.5) is 9.59 Å². The third-order valence-corrected chi connectivity index (χ3v) is 13.4. The fourth-order valence-corrected chi connectivity index (χ4v) is 9.51. The van der Waals surface area contributed by atoms with Crippen LogP contribution in [0.25, 0.3) is 33.6 Å². The monoisotopic (exact) mass is 902 g/mol. The van der Waals surface area contributed by atoms with Crippen molar-refractivity contribution in [2.24, 2.45) is 0 Å². The topological polar surface area (TPSA) is 192 Å². The van der Waals surface area contributed by atoms with Gasteiger partial charge >= 0.3 is 12.2 Å². The Kier molecular flexibility index (Phi) is 13.2. The normalized spacial score (nSPS) is 18.5. The first-order valence-electron chi connectivity index (χ1n) is 20.8. The highest BCUT2D eigenvalue weighted by Crippen LogP contribution is 2.39. The van der Waals surface area contributed by atoms with Gasteiger partial charge in [0.05, 0.1) is 43.4 Å². The molecular weight excluding hydrogens is 856 g/mol. The predicted molar refractivity (Wildman–Crippen MR) is 242 cm³/mol. The van der Waals surface area contributed by atoms with Gasteiger partial charge in [0.25, 0.3) is 11.8 Å². The minimum Gasteiger partial charge on any atom is -0.453 e. The molecule has 0 spiro atoms. The van der Waals surface area contributed by atoms with E-state index in [1.165, 1.54) is 14.2 Å². The molecule has 2 aromatic heterocycles. The molecule has 4 aromatic carbocycles. The van der Waals surface area contributed by atoms with Gasteiger partial charge in [-0.25, -0.2) is 19.6 Å². The van der Waals surface area contributed by atoms with E-state index in [4.69, 9.17) is 31.0 Å². The van der Waals surface area contributed by atoms with Crippen LogP contribution in [-0.2, 0) is 29.9 Å². The average Bonchev–Trinajstić information content (AvgIpc) is 4.17. The number of amides is 4. The number of hydrogen-bond acceptors (Lipinski definition) is 9. The maximum atomic E-state index is 14.2. The molecule has 0 aliphatic carbocycles. The Morgan fingerprint density at radius 1 is 0.719 bits per heavy atom. The minimum absolute atomic E-state index is 0.203. The van der Waals surface area contributed by atoms with E-state index in [2.05, 4.69) is 20.6 Å². The van der Waals surface area contributed by atoms with Gasteiger partial charge in [-0.05, 0) is 47.1 Å². The fraction of sp³-hybridized carbons (Fsp3) is 0.277. The quantitative estimate of drug-likeness (QED) is 0.0955. The number of aromatic nitrogens is 4. The summed E-state index contributed by atoms with van der Waals surface area (Å²) in [6.45, 7) is 0.734. The molecule has 4 N–H and O–H groups in total. The molecule has 64 heavy (non-hydrogen) atoms. The standard InChI is InChI=1S/C47H47ClN8O7S/c1-62-46(59)52-39(31-11-6-4-7-12-31)44(57)55-24-10-15-36(55)42-49-26-35(50-42)30-20-16-28(17-21-30)29-18-22-33(23-19-29)38-41(48)54-43(51-38)37-25-34(64(3)61)27-56(37)45(58)40(53-47(60)63-2)32-13-8-5-9-14-32/h4-9,11-14,16-23,26,34,36-37,39-40H,10,15,24-25,27H2,1-3H3,(H,49,50)(H,51,54)(H,52,59)(H,53,60)/t34-,36?,37-,39-,40-,64?/m0/s1. The molecule has 4 amide bonds. The number of hydrogen-bond donors (Lipinski definition) is 4. The molecule has 2 unspecified atom stereocenters. The van der Waals surface area contributed by atoms with Crippen LogP contribution in [0.2, 0.25) is 5.15 Å². The lowest BCUT2D eigenvalue weighted by molar-refractivity contribution is -0.135. The number of H-pyrrole nitrogens is 2. The van der Waals surface area contributed by atoms with Gasteiger partial charge in [-0.2, -0.15) is 0 Å². The van der Waals surface area contributed by atoms with Gasteiger partial charge in [0.2, 0.25) is 0 Å². The van der Waals surface area contributed by atoms with Gasteiger partial charge < -0.3 is 39.9 Å². The molecule has 6 atom stereocenters. The number of carbonyl (C=O) groups excluding carboxylic acids is 4. The van der Waals surface area contributed by atoms with Crippen LogP contribution in [0.5, 0.6) is 0 Å². The number of methoxy groups -OCH3 is 2. The van der Waals surface area contributed by atoms with Crippen molar-refractivity contribution in [1.29, 1.82) is 0 Å². The van der Waals surface area contributed by atoms with Crippen LogP contribution in [0.15, 0.2) is 115 Å². The van der Waals surface area contributed by atoms with Gasteiger partial charge in [-0.1, -0.05) is 121 Å². The van der Waals surface area contributed by atoms with Crippen molar-refractivity contribution in [3.8, 4) is 33.6 Å². The Labute approximate surface area is 377 Å². The van der Waals surface area contributed by atoms with Crippen molar-refractivity contribution in [3.05, 3.63) is 143 Å². The van der Waals surface area contributed by atoms with Gasteiger partial charge in [-0.3, -0.25) is 13.8 Å². The van der Waals surface area contributed by atoms with Crippen molar-refractivity contribution in [3.63, 3.8) is 0 Å². The zero-order valence-electron chi connectivity index (χ0n) is 35.3. The van der Waals surface area contributed by atoms with Gasteiger partial charge in [0.15, 0.2) is 0 Å². The Morgan fingerprint density at radius 2 is 1.25 bits per heavy atom. The number of nitrogens with zero attached hydrogens (tertiary/aromatic N) is 4. The summed E-state index contributed by atoms with van der Waals surface area (Å²) in [5.41, 5.74) is 6.18. The Hall–Kier alpha value is -6.78. The summed E-state index contributed by atoms with van der Waals surface area (Å²) in [6, 6.07) is 31.1. The number of likely N-dealkylation sites (tertiary alicyclic amines) is 2. The third kappa shape index (κ3) is 9.29. The van der Waals surface area contributed by atoms with E-state index in [-0.39, 0.29) is 29.7 Å². The zero-order chi connectivity index (χ0) is 44.9. The van der Waals surface area contributed by atoms with E-state index in [0.29, 0.717) is 46.6 Å².